The quantitative estimate of drug-likeness (QED) is 0.799. The van der Waals surface area contributed by atoms with Gasteiger partial charge in [-0.25, -0.2) is 4.98 Å². The van der Waals surface area contributed by atoms with Crippen LogP contribution in [0.3, 0.4) is 0 Å². The summed E-state index contributed by atoms with van der Waals surface area (Å²) in [5.41, 5.74) is 0. The second kappa shape index (κ2) is 8.13. The molecule has 7 heteroatoms. The molecule has 6 nitrogen and oxygen atoms in total. The van der Waals surface area contributed by atoms with E-state index >= 15 is 0 Å². The van der Waals surface area contributed by atoms with E-state index in [1.165, 1.54) is 0 Å². The van der Waals surface area contributed by atoms with E-state index in [0.717, 1.165) is 64.2 Å². The zero-order chi connectivity index (χ0) is 16.9. The van der Waals surface area contributed by atoms with Gasteiger partial charge in [0.2, 0.25) is 5.95 Å². The van der Waals surface area contributed by atoms with E-state index in [1.807, 2.05) is 6.07 Å². The third-order valence-electron chi connectivity index (χ3n) is 4.57. The van der Waals surface area contributed by atoms with E-state index in [9.17, 15) is 0 Å². The number of aliphatic hydroxyl groups is 1. The van der Waals surface area contributed by atoms with Crippen LogP contribution in [0, 0.1) is 0 Å². The maximum Gasteiger partial charge on any atom is 0.226 e. The highest BCUT2D eigenvalue weighted by atomic mass is 35.5. The first-order valence-electron chi connectivity index (χ1n) is 9.03. The highest BCUT2D eigenvalue weighted by molar-refractivity contribution is 6.29. The topological polar surface area (TPSA) is 64.5 Å². The molecule has 1 saturated heterocycles. The number of anilines is 2. The van der Waals surface area contributed by atoms with Crippen molar-refractivity contribution in [1.82, 2.24) is 14.9 Å². The summed E-state index contributed by atoms with van der Waals surface area (Å²) in [6, 6.07) is 2.15. The van der Waals surface area contributed by atoms with Crippen molar-refractivity contribution in [3.8, 4) is 0 Å². The van der Waals surface area contributed by atoms with Crippen molar-refractivity contribution in [2.45, 2.75) is 38.1 Å². The average Bonchev–Trinajstić information content (AvgIpc) is 2.57. The number of aromatic nitrogens is 2. The van der Waals surface area contributed by atoms with Crippen molar-refractivity contribution in [1.29, 1.82) is 0 Å². The predicted molar refractivity (Wildman–Crippen MR) is 93.3 cm³/mol. The summed E-state index contributed by atoms with van der Waals surface area (Å²) in [5.74, 6) is 1.44. The minimum Gasteiger partial charge on any atom is -0.395 e. The zero-order valence-corrected chi connectivity index (χ0v) is 14.2. The van der Waals surface area contributed by atoms with Gasteiger partial charge in [-0.3, -0.25) is 4.90 Å². The number of rotatable bonds is 5. The molecular weight excluding hydrogens is 314 g/mol. The first-order chi connectivity index (χ1) is 11.6. The average molecular weight is 341 g/mol. The fourth-order valence-electron chi connectivity index (χ4n) is 3.23. The van der Waals surface area contributed by atoms with E-state index in [-0.39, 0.29) is 13.0 Å². The third-order valence-corrected chi connectivity index (χ3v) is 4.76. The molecule has 2 heterocycles. The Labute approximate surface area is 144 Å². The Morgan fingerprint density at radius 3 is 2.70 bits per heavy atom. The van der Waals surface area contributed by atoms with E-state index in [1.54, 1.807) is 0 Å². The molecule has 0 aromatic carbocycles. The summed E-state index contributed by atoms with van der Waals surface area (Å²) >= 11 is 6.20. The second-order valence-electron chi connectivity index (χ2n) is 6.21. The summed E-state index contributed by atoms with van der Waals surface area (Å²) in [7, 11) is 0. The summed E-state index contributed by atoms with van der Waals surface area (Å²) < 4.78 is 7.78. The molecule has 128 valence electrons. The fraction of sp³-hybridized carbons (Fsp3) is 0.750. The maximum absolute atomic E-state index is 9.03. The van der Waals surface area contributed by atoms with Crippen molar-refractivity contribution in [3.05, 3.63) is 11.2 Å². The standard InChI is InChI=1S/C16H26ClN5O/c17-14-12-15(22-8-6-21(7-9-22)10-11-23)20-16(19-14)18-13-4-2-1-3-5-13/h12-13,23H,1-11H2,(H,18,19,20)/i1D. The number of β-amino-alcohol motifs (C(OH)–C–C–N with tert-alkyl or cyclic N) is 1. The van der Waals surface area contributed by atoms with Crippen molar-refractivity contribution in [2.75, 3.05) is 49.5 Å². The predicted octanol–water partition coefficient (Wildman–Crippen LogP) is 1.99. The number of halogens is 1. The number of piperazine rings is 1. The van der Waals surface area contributed by atoms with Crippen molar-refractivity contribution < 1.29 is 6.48 Å². The molecule has 23 heavy (non-hydrogen) atoms. The monoisotopic (exact) mass is 340 g/mol. The molecule has 1 aromatic heterocycles. The number of nitrogens with zero attached hydrogens (tertiary/aromatic N) is 4. The van der Waals surface area contributed by atoms with Crippen LogP contribution in [0.4, 0.5) is 11.8 Å². The lowest BCUT2D eigenvalue weighted by molar-refractivity contribution is 0.188. The Morgan fingerprint density at radius 2 is 2.00 bits per heavy atom. The summed E-state index contributed by atoms with van der Waals surface area (Å²) in [4.78, 5) is 13.4. The van der Waals surface area contributed by atoms with Crippen LogP contribution in [-0.4, -0.2) is 65.3 Å². The fourth-order valence-corrected chi connectivity index (χ4v) is 3.41. The molecule has 0 radical (unpaired) electrons. The SMILES string of the molecule is [2H]C1CCC(Nc2nc(Cl)cc(N3CCN(CCO)CC3)n2)CC1. The molecule has 1 saturated carbocycles. The summed E-state index contributed by atoms with van der Waals surface area (Å²) in [6.45, 7) is 4.50. The molecule has 3 rings (SSSR count). The maximum atomic E-state index is 9.03. The van der Waals surface area contributed by atoms with Gasteiger partial charge in [-0.15, -0.1) is 0 Å². The van der Waals surface area contributed by atoms with Crippen LogP contribution in [0.2, 0.25) is 5.15 Å². The van der Waals surface area contributed by atoms with E-state index in [4.69, 9.17) is 18.1 Å². The molecule has 0 amide bonds. The lowest BCUT2D eigenvalue weighted by atomic mass is 9.96. The van der Waals surface area contributed by atoms with Crippen LogP contribution >= 0.6 is 11.6 Å². The van der Waals surface area contributed by atoms with E-state index < -0.39 is 0 Å². The molecule has 2 aliphatic rings. The Hall–Kier alpha value is -1.11. The minimum absolute atomic E-state index is 0.0779. The van der Waals surface area contributed by atoms with Crippen molar-refractivity contribution >= 4 is 23.4 Å². The molecule has 1 aliphatic carbocycles. The highest BCUT2D eigenvalue weighted by Crippen LogP contribution is 2.23. The van der Waals surface area contributed by atoms with Crippen molar-refractivity contribution in [3.63, 3.8) is 0 Å². The number of nitrogens with one attached hydrogen (secondary N) is 1. The molecule has 1 aromatic rings. The van der Waals surface area contributed by atoms with Gasteiger partial charge in [0.15, 0.2) is 0 Å². The molecule has 0 spiro atoms. The van der Waals surface area contributed by atoms with E-state index in [0.29, 0.717) is 17.1 Å². The third kappa shape index (κ3) is 4.68. The first-order valence-corrected chi connectivity index (χ1v) is 8.83. The van der Waals surface area contributed by atoms with Gasteiger partial charge in [0, 0.05) is 46.2 Å². The van der Waals surface area contributed by atoms with Gasteiger partial charge in [0.05, 0.1) is 6.61 Å². The number of hydrogen-bond acceptors (Lipinski definition) is 6. The van der Waals surface area contributed by atoms with Crippen LogP contribution in [0.5, 0.6) is 0 Å². The van der Waals surface area contributed by atoms with Crippen LogP contribution in [0.15, 0.2) is 6.07 Å². The van der Waals surface area contributed by atoms with E-state index in [2.05, 4.69) is 25.1 Å². The van der Waals surface area contributed by atoms with Crippen molar-refractivity contribution in [2.24, 2.45) is 0 Å². The molecule has 2 fully saturated rings. The summed E-state index contributed by atoms with van der Waals surface area (Å²) in [5, 5.41) is 12.9. The van der Waals surface area contributed by atoms with Gasteiger partial charge in [0.1, 0.15) is 11.0 Å². The lowest BCUT2D eigenvalue weighted by Crippen LogP contribution is -2.47. The molecule has 0 atom stereocenters. The highest BCUT2D eigenvalue weighted by Gasteiger charge is 2.20. The van der Waals surface area contributed by atoms with Crippen LogP contribution in [-0.2, 0) is 0 Å². The van der Waals surface area contributed by atoms with Gasteiger partial charge in [-0.1, -0.05) is 30.8 Å². The largest absolute Gasteiger partial charge is 0.395 e. The number of hydrogen-bond donors (Lipinski definition) is 2. The Kier molecular flexibility index (Phi) is 5.45. The first kappa shape index (κ1) is 15.4. The van der Waals surface area contributed by atoms with Gasteiger partial charge in [0.25, 0.3) is 0 Å². The Morgan fingerprint density at radius 1 is 1.26 bits per heavy atom. The molecule has 1 aliphatic heterocycles. The second-order valence-corrected chi connectivity index (χ2v) is 6.60. The smallest absolute Gasteiger partial charge is 0.226 e. The molecule has 0 bridgehead atoms. The van der Waals surface area contributed by atoms with Gasteiger partial charge < -0.3 is 15.3 Å². The lowest BCUT2D eigenvalue weighted by Gasteiger charge is -2.35. The molecule has 2 N–H and O–H groups in total. The van der Waals surface area contributed by atoms with Gasteiger partial charge in [-0.05, 0) is 12.8 Å². The minimum atomic E-state index is 0.0779. The van der Waals surface area contributed by atoms with Gasteiger partial charge >= 0.3 is 0 Å². The molecular formula is C16H26ClN5O. The summed E-state index contributed by atoms with van der Waals surface area (Å²) in [6.07, 6.45) is 3.91. The van der Waals surface area contributed by atoms with Crippen LogP contribution < -0.4 is 10.2 Å². The van der Waals surface area contributed by atoms with Crippen LogP contribution in [0.1, 0.15) is 33.5 Å². The van der Waals surface area contributed by atoms with Crippen LogP contribution in [0.25, 0.3) is 0 Å². The van der Waals surface area contributed by atoms with Gasteiger partial charge in [-0.2, -0.15) is 4.98 Å². The number of aliphatic hydroxyl groups excluding tert-OH is 1. The zero-order valence-electron chi connectivity index (χ0n) is 14.4. The normalized spacial score (nSPS) is 26.9. The Bertz CT molecular complexity index is 533. The molecule has 0 unspecified atom stereocenters. The Balaban J connectivity index is 1.61.